The molecule has 0 saturated heterocycles. The van der Waals surface area contributed by atoms with Gasteiger partial charge in [0.25, 0.3) is 5.56 Å². The van der Waals surface area contributed by atoms with E-state index in [1.165, 1.54) is 34.6 Å². The van der Waals surface area contributed by atoms with Crippen LogP contribution < -0.4 is 10.3 Å². The fourth-order valence-corrected chi connectivity index (χ4v) is 5.85. The fraction of sp³-hybridized carbons (Fsp3) is 0.440. The number of aromatic nitrogens is 2. The van der Waals surface area contributed by atoms with Crippen molar-refractivity contribution in [1.82, 2.24) is 14.9 Å². The van der Waals surface area contributed by atoms with Gasteiger partial charge in [0, 0.05) is 41.7 Å². The first-order chi connectivity index (χ1) is 15.2. The molecule has 1 fully saturated rings. The third-order valence-electron chi connectivity index (χ3n) is 6.57. The summed E-state index contributed by atoms with van der Waals surface area (Å²) in [5.74, 6) is 2.24. The molecule has 2 aromatic heterocycles. The van der Waals surface area contributed by atoms with E-state index >= 15 is 0 Å². The van der Waals surface area contributed by atoms with E-state index in [-0.39, 0.29) is 5.56 Å². The molecular weight excluding hydrogens is 406 g/mol. The van der Waals surface area contributed by atoms with Crippen LogP contribution in [0.1, 0.15) is 60.0 Å². The smallest absolute Gasteiger partial charge is 0.255 e. The lowest BCUT2D eigenvalue weighted by molar-refractivity contribution is 0.243. The Morgan fingerprint density at radius 3 is 2.71 bits per heavy atom. The molecule has 0 radical (unpaired) electrons. The molecule has 0 unspecified atom stereocenters. The van der Waals surface area contributed by atoms with E-state index in [2.05, 4.69) is 34.1 Å². The van der Waals surface area contributed by atoms with E-state index in [0.717, 1.165) is 55.2 Å². The van der Waals surface area contributed by atoms with Crippen LogP contribution in [0.15, 0.2) is 41.2 Å². The molecule has 1 N–H and O–H groups in total. The third kappa shape index (κ3) is 4.46. The van der Waals surface area contributed by atoms with Crippen molar-refractivity contribution >= 4 is 11.3 Å². The second-order valence-corrected chi connectivity index (χ2v) is 9.83. The number of hydrogen-bond acceptors (Lipinski definition) is 5. The van der Waals surface area contributed by atoms with Crippen LogP contribution in [0.3, 0.4) is 0 Å². The van der Waals surface area contributed by atoms with Gasteiger partial charge < -0.3 is 9.72 Å². The topological polar surface area (TPSA) is 58.2 Å². The van der Waals surface area contributed by atoms with Gasteiger partial charge in [0.15, 0.2) is 0 Å². The molecule has 5 rings (SSSR count). The summed E-state index contributed by atoms with van der Waals surface area (Å²) in [5, 5.41) is 0. The summed E-state index contributed by atoms with van der Waals surface area (Å²) < 4.78 is 5.25. The monoisotopic (exact) mass is 435 g/mol. The van der Waals surface area contributed by atoms with E-state index in [4.69, 9.17) is 9.72 Å². The van der Waals surface area contributed by atoms with Crippen molar-refractivity contribution in [1.29, 1.82) is 0 Å². The number of rotatable bonds is 5. The van der Waals surface area contributed by atoms with Crippen molar-refractivity contribution < 1.29 is 4.74 Å². The Morgan fingerprint density at radius 1 is 1.13 bits per heavy atom. The van der Waals surface area contributed by atoms with Crippen molar-refractivity contribution in [2.75, 3.05) is 13.7 Å². The second-order valence-electron chi connectivity index (χ2n) is 8.67. The van der Waals surface area contributed by atoms with Crippen molar-refractivity contribution in [3.8, 4) is 16.2 Å². The largest absolute Gasteiger partial charge is 0.497 e. The number of H-pyrrole nitrogens is 1. The molecule has 0 bridgehead atoms. The van der Waals surface area contributed by atoms with Gasteiger partial charge >= 0.3 is 0 Å². The number of hydrogen-bond donors (Lipinski definition) is 1. The Kier molecular flexibility index (Phi) is 5.92. The molecule has 1 aromatic carbocycles. The average Bonchev–Trinajstić information content (AvgIpc) is 3.28. The number of nitrogens with one attached hydrogen (secondary N) is 1. The summed E-state index contributed by atoms with van der Waals surface area (Å²) in [7, 11) is 1.69. The first-order valence-corrected chi connectivity index (χ1v) is 12.1. The molecule has 3 heterocycles. The Bertz CT molecular complexity index is 1100. The normalized spacial score (nSPS) is 17.5. The lowest BCUT2D eigenvalue weighted by atomic mass is 9.88. The van der Waals surface area contributed by atoms with Gasteiger partial charge in [-0.25, -0.2) is 4.98 Å². The maximum atomic E-state index is 12.8. The molecule has 3 aromatic rings. The van der Waals surface area contributed by atoms with Crippen LogP contribution in [0.25, 0.3) is 10.4 Å². The fourth-order valence-electron chi connectivity index (χ4n) is 4.80. The summed E-state index contributed by atoms with van der Waals surface area (Å²) in [6, 6.07) is 12.6. The molecule has 0 amide bonds. The quantitative estimate of drug-likeness (QED) is 0.605. The van der Waals surface area contributed by atoms with Crippen LogP contribution >= 0.6 is 11.3 Å². The minimum atomic E-state index is 0.0698. The highest BCUT2D eigenvalue weighted by Crippen LogP contribution is 2.32. The highest BCUT2D eigenvalue weighted by molar-refractivity contribution is 7.15. The van der Waals surface area contributed by atoms with E-state index in [1.807, 2.05) is 23.5 Å². The van der Waals surface area contributed by atoms with Crippen LogP contribution in [0.2, 0.25) is 0 Å². The second kappa shape index (κ2) is 8.97. The molecule has 1 aliphatic heterocycles. The van der Waals surface area contributed by atoms with Gasteiger partial charge in [-0.3, -0.25) is 9.69 Å². The Hall–Kier alpha value is -2.44. The molecule has 6 heteroatoms. The van der Waals surface area contributed by atoms with Crippen LogP contribution in [0.4, 0.5) is 0 Å². The first kappa shape index (κ1) is 20.5. The van der Waals surface area contributed by atoms with Crippen LogP contribution in [-0.2, 0) is 19.5 Å². The van der Waals surface area contributed by atoms with E-state index < -0.39 is 0 Å². The van der Waals surface area contributed by atoms with Gasteiger partial charge in [0.05, 0.1) is 18.4 Å². The zero-order chi connectivity index (χ0) is 21.2. The summed E-state index contributed by atoms with van der Waals surface area (Å²) >= 11 is 1.82. The van der Waals surface area contributed by atoms with E-state index in [1.54, 1.807) is 7.11 Å². The number of benzene rings is 1. The lowest BCUT2D eigenvalue weighted by Crippen LogP contribution is -2.36. The molecule has 0 atom stereocenters. The maximum absolute atomic E-state index is 12.8. The van der Waals surface area contributed by atoms with Crippen LogP contribution in [0, 0.1) is 0 Å². The molecule has 1 aliphatic carbocycles. The molecular formula is C25H29N3O2S. The molecule has 0 spiro atoms. The van der Waals surface area contributed by atoms with E-state index in [0.29, 0.717) is 12.5 Å². The Labute approximate surface area is 187 Å². The number of nitrogens with zero attached hydrogens (tertiary/aromatic N) is 2. The first-order valence-electron chi connectivity index (χ1n) is 11.3. The van der Waals surface area contributed by atoms with Crippen molar-refractivity contribution in [3.05, 3.63) is 68.7 Å². The van der Waals surface area contributed by atoms with Crippen LogP contribution in [-0.4, -0.2) is 28.5 Å². The highest BCUT2D eigenvalue weighted by atomic mass is 32.1. The van der Waals surface area contributed by atoms with Gasteiger partial charge in [-0.2, -0.15) is 0 Å². The van der Waals surface area contributed by atoms with Gasteiger partial charge in [-0.15, -0.1) is 11.3 Å². The minimum Gasteiger partial charge on any atom is -0.497 e. The molecule has 5 nitrogen and oxygen atoms in total. The van der Waals surface area contributed by atoms with Gasteiger partial charge in [0.2, 0.25) is 0 Å². The SMILES string of the molecule is COc1ccc(-c2ccc(CN3CCc4nc(C5CCCCC5)[nH]c(=O)c4C3)s2)cc1. The van der Waals surface area contributed by atoms with Crippen molar-refractivity contribution in [3.63, 3.8) is 0 Å². The molecule has 1 saturated carbocycles. The van der Waals surface area contributed by atoms with Gasteiger partial charge in [-0.05, 0) is 54.8 Å². The third-order valence-corrected chi connectivity index (χ3v) is 7.69. The predicted molar refractivity (Wildman–Crippen MR) is 125 cm³/mol. The summed E-state index contributed by atoms with van der Waals surface area (Å²) in [5.41, 5.74) is 3.15. The van der Waals surface area contributed by atoms with Gasteiger partial charge in [-0.1, -0.05) is 19.3 Å². The molecule has 2 aliphatic rings. The summed E-state index contributed by atoms with van der Waals surface area (Å²) in [6.45, 7) is 2.49. The maximum Gasteiger partial charge on any atom is 0.255 e. The Balaban J connectivity index is 1.28. The number of thiophene rings is 1. The lowest BCUT2D eigenvalue weighted by Gasteiger charge is -2.28. The number of methoxy groups -OCH3 is 1. The Morgan fingerprint density at radius 2 is 1.94 bits per heavy atom. The van der Waals surface area contributed by atoms with Crippen molar-refractivity contribution in [2.24, 2.45) is 0 Å². The standard InChI is InChI=1S/C25H29N3O2S/c1-30-19-9-7-17(8-10-19)23-12-11-20(31-23)15-28-14-13-22-21(16-28)25(29)27-24(26-22)18-5-3-2-4-6-18/h7-12,18H,2-6,13-16H2,1H3,(H,26,27,29). The molecule has 162 valence electrons. The minimum absolute atomic E-state index is 0.0698. The summed E-state index contributed by atoms with van der Waals surface area (Å²) in [4.78, 5) is 25.8. The molecule has 31 heavy (non-hydrogen) atoms. The number of fused-ring (bicyclic) bond motifs is 1. The summed E-state index contributed by atoms with van der Waals surface area (Å²) in [6.07, 6.45) is 6.97. The number of aromatic amines is 1. The van der Waals surface area contributed by atoms with Crippen molar-refractivity contribution in [2.45, 2.75) is 57.5 Å². The number of ether oxygens (including phenoxy) is 1. The highest BCUT2D eigenvalue weighted by Gasteiger charge is 2.24. The zero-order valence-electron chi connectivity index (χ0n) is 18.0. The van der Waals surface area contributed by atoms with E-state index in [9.17, 15) is 4.79 Å². The predicted octanol–water partition coefficient (Wildman–Crippen LogP) is 5.11. The average molecular weight is 436 g/mol. The van der Waals surface area contributed by atoms with Gasteiger partial charge in [0.1, 0.15) is 11.6 Å². The van der Waals surface area contributed by atoms with Crippen LogP contribution in [0.5, 0.6) is 5.75 Å². The zero-order valence-corrected chi connectivity index (χ0v) is 18.8.